The number of fused-ring (bicyclic) bond motifs is 1. The molecule has 0 saturated carbocycles. The molecule has 32 heavy (non-hydrogen) atoms. The lowest BCUT2D eigenvalue weighted by atomic mass is 10.0. The van der Waals surface area contributed by atoms with Gasteiger partial charge in [0, 0.05) is 18.8 Å². The lowest BCUT2D eigenvalue weighted by molar-refractivity contribution is 0.102. The van der Waals surface area contributed by atoms with Crippen molar-refractivity contribution >= 4 is 33.2 Å². The number of sulfonamides is 1. The molecule has 1 amide bonds. The van der Waals surface area contributed by atoms with Gasteiger partial charge in [0.15, 0.2) is 0 Å². The predicted molar refractivity (Wildman–Crippen MR) is 128 cm³/mol. The summed E-state index contributed by atoms with van der Waals surface area (Å²) in [7, 11) is -3.78. The van der Waals surface area contributed by atoms with Crippen LogP contribution < -0.4 is 5.32 Å². The molecule has 0 radical (unpaired) electrons. The third-order valence-corrected chi connectivity index (χ3v) is 8.00. The van der Waals surface area contributed by atoms with Crippen molar-refractivity contribution in [1.29, 1.82) is 0 Å². The summed E-state index contributed by atoms with van der Waals surface area (Å²) in [6.07, 6.45) is 0.655. The molecule has 1 aliphatic heterocycles. The number of hydrogen-bond acceptors (Lipinski definition) is 3. The van der Waals surface area contributed by atoms with Gasteiger partial charge in [-0.3, -0.25) is 4.79 Å². The number of halogens is 1. The Kier molecular flexibility index (Phi) is 6.12. The largest absolute Gasteiger partial charge is 0.321 e. The lowest BCUT2D eigenvalue weighted by Crippen LogP contribution is -2.36. The highest BCUT2D eigenvalue weighted by atomic mass is 35.5. The number of carbonyl (C=O) groups is 1. The van der Waals surface area contributed by atoms with Crippen molar-refractivity contribution in [2.45, 2.75) is 38.6 Å². The van der Waals surface area contributed by atoms with E-state index in [0.717, 1.165) is 22.3 Å². The maximum absolute atomic E-state index is 13.3. The van der Waals surface area contributed by atoms with Crippen LogP contribution in [0.5, 0.6) is 0 Å². The Bertz CT molecular complexity index is 1300. The first-order valence-corrected chi connectivity index (χ1v) is 12.2. The molecule has 0 fully saturated rings. The second-order valence-corrected chi connectivity index (χ2v) is 10.6. The van der Waals surface area contributed by atoms with Crippen molar-refractivity contribution in [1.82, 2.24) is 4.31 Å². The highest BCUT2D eigenvalue weighted by Crippen LogP contribution is 2.29. The number of nitrogens with zero attached hydrogens (tertiary/aromatic N) is 1. The molecule has 4 rings (SSSR count). The first kappa shape index (κ1) is 22.5. The van der Waals surface area contributed by atoms with Gasteiger partial charge in [0.2, 0.25) is 10.0 Å². The molecule has 0 bridgehead atoms. The minimum Gasteiger partial charge on any atom is -0.321 e. The number of anilines is 1. The predicted octanol–water partition coefficient (Wildman–Crippen LogP) is 5.26. The zero-order valence-corrected chi connectivity index (χ0v) is 19.8. The van der Waals surface area contributed by atoms with Gasteiger partial charge in [-0.2, -0.15) is 4.31 Å². The van der Waals surface area contributed by atoms with E-state index in [-0.39, 0.29) is 15.5 Å². The van der Waals surface area contributed by atoms with Gasteiger partial charge in [0.05, 0.1) is 15.5 Å². The summed E-state index contributed by atoms with van der Waals surface area (Å²) in [4.78, 5) is 13.1. The summed E-state index contributed by atoms with van der Waals surface area (Å²) < 4.78 is 28.1. The smallest absolute Gasteiger partial charge is 0.257 e. The van der Waals surface area contributed by atoms with Crippen LogP contribution in [0.1, 0.15) is 38.2 Å². The van der Waals surface area contributed by atoms with Crippen LogP contribution in [-0.4, -0.2) is 25.2 Å². The van der Waals surface area contributed by atoms with Crippen LogP contribution in [0, 0.1) is 20.8 Å². The van der Waals surface area contributed by atoms with E-state index in [2.05, 4.69) is 5.32 Å². The number of amides is 1. The Morgan fingerprint density at radius 1 is 0.969 bits per heavy atom. The van der Waals surface area contributed by atoms with E-state index in [4.69, 9.17) is 11.6 Å². The van der Waals surface area contributed by atoms with Crippen LogP contribution in [0.3, 0.4) is 0 Å². The van der Waals surface area contributed by atoms with E-state index in [1.807, 2.05) is 57.2 Å². The molecule has 1 aliphatic rings. The Labute approximate surface area is 194 Å². The monoisotopic (exact) mass is 468 g/mol. The average molecular weight is 469 g/mol. The maximum Gasteiger partial charge on any atom is 0.257 e. The number of nitrogens with one attached hydrogen (secondary N) is 1. The topological polar surface area (TPSA) is 66.5 Å². The first-order valence-electron chi connectivity index (χ1n) is 10.4. The molecule has 5 nitrogen and oxygen atoms in total. The van der Waals surface area contributed by atoms with Crippen LogP contribution >= 0.6 is 11.6 Å². The van der Waals surface area contributed by atoms with Crippen molar-refractivity contribution in [3.63, 3.8) is 0 Å². The van der Waals surface area contributed by atoms with Gasteiger partial charge in [-0.25, -0.2) is 8.42 Å². The molecule has 0 atom stereocenters. The Hall–Kier alpha value is -2.67. The minimum absolute atomic E-state index is 0.0591. The molecule has 0 aromatic heterocycles. The van der Waals surface area contributed by atoms with Crippen molar-refractivity contribution in [3.8, 4) is 0 Å². The molecular weight excluding hydrogens is 444 g/mol. The summed E-state index contributed by atoms with van der Waals surface area (Å²) in [6.45, 7) is 6.55. The Morgan fingerprint density at radius 2 is 1.62 bits per heavy atom. The molecule has 1 N–H and O–H groups in total. The van der Waals surface area contributed by atoms with Crippen molar-refractivity contribution < 1.29 is 13.2 Å². The standard InChI is InChI=1S/C25H25ClN2O3S/c1-16-12-17(2)24(18(3)13-16)27-25(29)22-14-21(8-9-23(22)26)32(30,31)28-11-10-19-6-4-5-7-20(19)15-28/h4-9,12-14H,10-11,15H2,1-3H3,(H,27,29). The number of benzene rings is 3. The molecule has 1 heterocycles. The van der Waals surface area contributed by atoms with E-state index >= 15 is 0 Å². The van der Waals surface area contributed by atoms with Crippen molar-refractivity contribution in [3.05, 3.63) is 93.0 Å². The summed E-state index contributed by atoms with van der Waals surface area (Å²) in [5.41, 5.74) is 5.97. The minimum atomic E-state index is -3.78. The zero-order valence-electron chi connectivity index (χ0n) is 18.3. The maximum atomic E-state index is 13.3. The lowest BCUT2D eigenvalue weighted by Gasteiger charge is -2.28. The Balaban J connectivity index is 1.63. The number of aryl methyl sites for hydroxylation is 3. The van der Waals surface area contributed by atoms with E-state index in [9.17, 15) is 13.2 Å². The number of rotatable bonds is 4. The first-order chi connectivity index (χ1) is 15.2. The van der Waals surface area contributed by atoms with E-state index in [1.54, 1.807) is 0 Å². The fraction of sp³-hybridized carbons (Fsp3) is 0.240. The highest BCUT2D eigenvalue weighted by Gasteiger charge is 2.29. The molecule has 0 unspecified atom stereocenters. The SMILES string of the molecule is Cc1cc(C)c(NC(=O)c2cc(S(=O)(=O)N3CCc4ccccc4C3)ccc2Cl)c(C)c1. The summed E-state index contributed by atoms with van der Waals surface area (Å²) in [5.74, 6) is -0.439. The van der Waals surface area contributed by atoms with Crippen LogP contribution in [-0.2, 0) is 23.0 Å². The molecule has 0 aliphatic carbocycles. The van der Waals surface area contributed by atoms with Gasteiger partial charge >= 0.3 is 0 Å². The third kappa shape index (κ3) is 4.31. The normalized spacial score (nSPS) is 14.1. The number of carbonyl (C=O) groups excluding carboxylic acids is 1. The van der Waals surface area contributed by atoms with Gasteiger partial charge in [0.25, 0.3) is 5.91 Å². The van der Waals surface area contributed by atoms with Crippen molar-refractivity contribution in [2.75, 3.05) is 11.9 Å². The highest BCUT2D eigenvalue weighted by molar-refractivity contribution is 7.89. The quantitative estimate of drug-likeness (QED) is 0.567. The zero-order chi connectivity index (χ0) is 23.0. The van der Waals surface area contributed by atoms with Crippen LogP contribution in [0.25, 0.3) is 0 Å². The van der Waals surface area contributed by atoms with E-state index in [0.29, 0.717) is 25.2 Å². The fourth-order valence-electron chi connectivity index (χ4n) is 4.22. The molecule has 3 aromatic rings. The molecule has 166 valence electrons. The van der Waals surface area contributed by atoms with E-state index < -0.39 is 15.9 Å². The molecular formula is C25H25ClN2O3S. The van der Waals surface area contributed by atoms with Gasteiger partial charge in [0.1, 0.15) is 0 Å². The fourth-order valence-corrected chi connectivity index (χ4v) is 5.87. The summed E-state index contributed by atoms with van der Waals surface area (Å²) >= 11 is 6.30. The third-order valence-electron chi connectivity index (χ3n) is 5.83. The summed E-state index contributed by atoms with van der Waals surface area (Å²) in [5, 5.41) is 3.10. The second-order valence-electron chi connectivity index (χ2n) is 8.23. The molecule has 3 aromatic carbocycles. The molecule has 7 heteroatoms. The molecule has 0 spiro atoms. The van der Waals surface area contributed by atoms with E-state index in [1.165, 1.54) is 28.1 Å². The summed E-state index contributed by atoms with van der Waals surface area (Å²) in [6, 6.07) is 16.1. The molecule has 0 saturated heterocycles. The van der Waals surface area contributed by atoms with Gasteiger partial charge in [-0.1, -0.05) is 53.6 Å². The van der Waals surface area contributed by atoms with Gasteiger partial charge < -0.3 is 5.32 Å². The van der Waals surface area contributed by atoms with Crippen LogP contribution in [0.4, 0.5) is 5.69 Å². The number of hydrogen-bond donors (Lipinski definition) is 1. The van der Waals surface area contributed by atoms with Crippen molar-refractivity contribution in [2.24, 2.45) is 0 Å². The Morgan fingerprint density at radius 3 is 2.31 bits per heavy atom. The average Bonchev–Trinajstić information content (AvgIpc) is 2.75. The van der Waals surface area contributed by atoms with Crippen LogP contribution in [0.2, 0.25) is 5.02 Å². The van der Waals surface area contributed by atoms with Gasteiger partial charge in [-0.15, -0.1) is 0 Å². The van der Waals surface area contributed by atoms with Gasteiger partial charge in [-0.05, 0) is 67.6 Å². The second kappa shape index (κ2) is 8.70. The van der Waals surface area contributed by atoms with Crippen LogP contribution in [0.15, 0.2) is 59.5 Å².